The maximum absolute atomic E-state index is 12.4. The fraction of sp³-hybridized carbons (Fsp3) is 0.714. The average Bonchev–Trinajstić information content (AvgIpc) is 2.83. The van der Waals surface area contributed by atoms with Crippen LogP contribution in [-0.4, -0.2) is 50.8 Å². The van der Waals surface area contributed by atoms with Crippen LogP contribution in [0.1, 0.15) is 31.3 Å². The molecule has 1 aromatic heterocycles. The summed E-state index contributed by atoms with van der Waals surface area (Å²) < 4.78 is 32.8. The van der Waals surface area contributed by atoms with Gasteiger partial charge in [-0.1, -0.05) is 6.92 Å². The number of nitrogens with zero attached hydrogens (tertiary/aromatic N) is 2. The highest BCUT2D eigenvalue weighted by Crippen LogP contribution is 2.13. The molecule has 0 aliphatic rings. The van der Waals surface area contributed by atoms with Gasteiger partial charge in [-0.3, -0.25) is 0 Å². The summed E-state index contributed by atoms with van der Waals surface area (Å²) in [7, 11) is -0.263. The SMILES string of the molecule is CCCNCCCN(C)S(=O)(=O)N(C)Cc1ccc(C)o1. The van der Waals surface area contributed by atoms with Gasteiger partial charge in [-0.25, -0.2) is 0 Å². The maximum atomic E-state index is 12.4. The molecule has 1 aromatic rings. The standard InChI is InChI=1S/C14H27N3O3S/c1-5-9-15-10-6-11-16(3)21(18,19)17(4)12-14-8-7-13(2)20-14/h7-8,15H,5-6,9-12H2,1-4H3. The summed E-state index contributed by atoms with van der Waals surface area (Å²) in [6.45, 7) is 6.49. The van der Waals surface area contributed by atoms with Crippen LogP contribution in [0.2, 0.25) is 0 Å². The summed E-state index contributed by atoms with van der Waals surface area (Å²) >= 11 is 0. The molecule has 0 unspecified atom stereocenters. The predicted octanol–water partition coefficient (Wildman–Crippen LogP) is 1.59. The van der Waals surface area contributed by atoms with E-state index in [0.29, 0.717) is 12.3 Å². The monoisotopic (exact) mass is 317 g/mol. The zero-order chi connectivity index (χ0) is 15.9. The second-order valence-corrected chi connectivity index (χ2v) is 7.34. The van der Waals surface area contributed by atoms with Crippen molar-refractivity contribution in [2.75, 3.05) is 33.7 Å². The van der Waals surface area contributed by atoms with Gasteiger partial charge in [0.05, 0.1) is 6.54 Å². The van der Waals surface area contributed by atoms with Gasteiger partial charge in [0.2, 0.25) is 0 Å². The minimum Gasteiger partial charge on any atom is -0.465 e. The molecule has 0 spiro atoms. The van der Waals surface area contributed by atoms with Crippen molar-refractivity contribution in [3.8, 4) is 0 Å². The van der Waals surface area contributed by atoms with Gasteiger partial charge in [0, 0.05) is 20.6 Å². The third kappa shape index (κ3) is 5.78. The highest BCUT2D eigenvalue weighted by Gasteiger charge is 2.24. The van der Waals surface area contributed by atoms with E-state index in [1.165, 1.54) is 8.61 Å². The van der Waals surface area contributed by atoms with Crippen molar-refractivity contribution < 1.29 is 12.8 Å². The normalized spacial score (nSPS) is 12.5. The summed E-state index contributed by atoms with van der Waals surface area (Å²) in [5.41, 5.74) is 0. The van der Waals surface area contributed by atoms with Crippen molar-refractivity contribution in [2.24, 2.45) is 0 Å². The minimum absolute atomic E-state index is 0.245. The van der Waals surface area contributed by atoms with Crippen LogP contribution in [0.5, 0.6) is 0 Å². The molecule has 0 amide bonds. The molecule has 0 radical (unpaired) electrons. The molecule has 7 heteroatoms. The van der Waals surface area contributed by atoms with Crippen molar-refractivity contribution in [3.63, 3.8) is 0 Å². The molecule has 0 aliphatic carbocycles. The third-order valence-electron chi connectivity index (χ3n) is 3.22. The first-order valence-corrected chi connectivity index (χ1v) is 8.71. The van der Waals surface area contributed by atoms with Gasteiger partial charge in [-0.15, -0.1) is 0 Å². The first kappa shape index (κ1) is 18.2. The summed E-state index contributed by atoms with van der Waals surface area (Å²) in [5.74, 6) is 1.43. The van der Waals surface area contributed by atoms with E-state index in [2.05, 4.69) is 12.2 Å². The van der Waals surface area contributed by atoms with Crippen molar-refractivity contribution in [3.05, 3.63) is 23.7 Å². The quantitative estimate of drug-likeness (QED) is 0.666. The molecule has 0 bridgehead atoms. The average molecular weight is 317 g/mol. The van der Waals surface area contributed by atoms with Crippen LogP contribution in [0.15, 0.2) is 16.5 Å². The summed E-state index contributed by atoms with van der Waals surface area (Å²) in [5, 5.41) is 3.26. The largest absolute Gasteiger partial charge is 0.465 e. The predicted molar refractivity (Wildman–Crippen MR) is 84.2 cm³/mol. The molecule has 0 saturated carbocycles. The summed E-state index contributed by atoms with van der Waals surface area (Å²) in [6.07, 6.45) is 1.88. The molecule has 0 fully saturated rings. The van der Waals surface area contributed by atoms with E-state index < -0.39 is 10.2 Å². The first-order valence-electron chi connectivity index (χ1n) is 7.31. The summed E-state index contributed by atoms with van der Waals surface area (Å²) in [4.78, 5) is 0. The van der Waals surface area contributed by atoms with Crippen molar-refractivity contribution >= 4 is 10.2 Å². The smallest absolute Gasteiger partial charge is 0.281 e. The number of aryl methyl sites for hydroxylation is 1. The van der Waals surface area contributed by atoms with E-state index in [4.69, 9.17) is 4.42 Å². The zero-order valence-electron chi connectivity index (χ0n) is 13.4. The van der Waals surface area contributed by atoms with E-state index in [1.54, 1.807) is 20.2 Å². The topological polar surface area (TPSA) is 65.8 Å². The van der Waals surface area contributed by atoms with E-state index in [-0.39, 0.29) is 6.54 Å². The van der Waals surface area contributed by atoms with Crippen molar-refractivity contribution in [1.82, 2.24) is 13.9 Å². The lowest BCUT2D eigenvalue weighted by Crippen LogP contribution is -2.40. The Kier molecular flexibility index (Phi) is 7.37. The molecule has 1 rings (SSSR count). The summed E-state index contributed by atoms with van der Waals surface area (Å²) in [6, 6.07) is 3.63. The first-order chi connectivity index (χ1) is 9.87. The van der Waals surface area contributed by atoms with Gasteiger partial charge in [-0.05, 0) is 45.0 Å². The van der Waals surface area contributed by atoms with Gasteiger partial charge < -0.3 is 9.73 Å². The van der Waals surface area contributed by atoms with E-state index in [9.17, 15) is 8.42 Å². The molecule has 21 heavy (non-hydrogen) atoms. The molecule has 1 heterocycles. The zero-order valence-corrected chi connectivity index (χ0v) is 14.2. The molecule has 122 valence electrons. The highest BCUT2D eigenvalue weighted by molar-refractivity contribution is 7.86. The number of hydrogen-bond donors (Lipinski definition) is 1. The molecular formula is C14H27N3O3S. The Bertz CT molecular complexity index is 513. The maximum Gasteiger partial charge on any atom is 0.281 e. The van der Waals surface area contributed by atoms with Crippen LogP contribution in [0.3, 0.4) is 0 Å². The number of hydrogen-bond acceptors (Lipinski definition) is 4. The molecule has 0 atom stereocenters. The van der Waals surface area contributed by atoms with Gasteiger partial charge in [0.15, 0.2) is 0 Å². The van der Waals surface area contributed by atoms with Crippen LogP contribution >= 0.6 is 0 Å². The van der Waals surface area contributed by atoms with Crippen LogP contribution in [-0.2, 0) is 16.8 Å². The van der Waals surface area contributed by atoms with Gasteiger partial charge in [0.25, 0.3) is 10.2 Å². The molecule has 0 saturated heterocycles. The van der Waals surface area contributed by atoms with Crippen LogP contribution in [0, 0.1) is 6.92 Å². The lowest BCUT2D eigenvalue weighted by atomic mass is 10.4. The van der Waals surface area contributed by atoms with Crippen molar-refractivity contribution in [1.29, 1.82) is 0 Å². The molecule has 1 N–H and O–H groups in total. The Labute approximate surface area is 128 Å². The fourth-order valence-corrected chi connectivity index (χ4v) is 3.08. The Hall–Kier alpha value is -0.890. The lowest BCUT2D eigenvalue weighted by molar-refractivity contribution is 0.357. The van der Waals surface area contributed by atoms with Crippen LogP contribution in [0.4, 0.5) is 0 Å². The van der Waals surface area contributed by atoms with Gasteiger partial charge >= 0.3 is 0 Å². The Morgan fingerprint density at radius 2 is 1.90 bits per heavy atom. The Morgan fingerprint density at radius 1 is 1.19 bits per heavy atom. The van der Waals surface area contributed by atoms with Crippen molar-refractivity contribution in [2.45, 2.75) is 33.2 Å². The minimum atomic E-state index is -3.44. The second kappa shape index (κ2) is 8.53. The molecule has 6 nitrogen and oxygen atoms in total. The Morgan fingerprint density at radius 3 is 2.48 bits per heavy atom. The molecule has 0 aliphatic heterocycles. The molecule has 0 aromatic carbocycles. The van der Waals surface area contributed by atoms with Crippen LogP contribution in [0.25, 0.3) is 0 Å². The van der Waals surface area contributed by atoms with Gasteiger partial charge in [-0.2, -0.15) is 17.0 Å². The second-order valence-electron chi connectivity index (χ2n) is 5.20. The molecular weight excluding hydrogens is 290 g/mol. The van der Waals surface area contributed by atoms with E-state index in [1.807, 2.05) is 13.0 Å². The Balaban J connectivity index is 2.46. The van der Waals surface area contributed by atoms with Crippen LogP contribution < -0.4 is 5.32 Å². The van der Waals surface area contributed by atoms with E-state index in [0.717, 1.165) is 31.7 Å². The number of rotatable bonds is 10. The highest BCUT2D eigenvalue weighted by atomic mass is 32.2. The third-order valence-corrected chi connectivity index (χ3v) is 5.10. The van der Waals surface area contributed by atoms with Gasteiger partial charge in [0.1, 0.15) is 11.5 Å². The number of furan rings is 1. The fourth-order valence-electron chi connectivity index (χ4n) is 1.95. The lowest BCUT2D eigenvalue weighted by Gasteiger charge is -2.23. The van der Waals surface area contributed by atoms with E-state index >= 15 is 0 Å². The number of nitrogens with one attached hydrogen (secondary N) is 1.